The molecule has 0 amide bonds. The van der Waals surface area contributed by atoms with Gasteiger partial charge in [-0.3, -0.25) is 4.79 Å². The van der Waals surface area contributed by atoms with Gasteiger partial charge in [-0.05, 0) is 54.5 Å². The van der Waals surface area contributed by atoms with Crippen LogP contribution in [0.25, 0.3) is 0 Å². The lowest BCUT2D eigenvalue weighted by molar-refractivity contribution is 0.589. The molecule has 1 aromatic heterocycles. The summed E-state index contributed by atoms with van der Waals surface area (Å²) in [5, 5.41) is 0. The molecule has 0 atom stereocenters. The summed E-state index contributed by atoms with van der Waals surface area (Å²) in [4.78, 5) is 12.0. The lowest BCUT2D eigenvalue weighted by Gasteiger charge is -2.19. The first kappa shape index (κ1) is 15.5. The van der Waals surface area contributed by atoms with Crippen molar-refractivity contribution in [3.05, 3.63) is 67.0 Å². The number of rotatable bonds is 2. The van der Waals surface area contributed by atoms with Gasteiger partial charge in [0.15, 0.2) is 0 Å². The largest absolute Gasteiger partial charge is 0.309 e. The highest BCUT2D eigenvalue weighted by Crippen LogP contribution is 2.22. The fraction of sp³-hybridized carbons (Fsp3) is 0.312. The van der Waals surface area contributed by atoms with Gasteiger partial charge in [-0.25, -0.2) is 0 Å². The summed E-state index contributed by atoms with van der Waals surface area (Å²) in [6.07, 6.45) is 1.81. The number of benzene rings is 1. The molecule has 2 aromatic rings. The quantitative estimate of drug-likeness (QED) is 0.717. The fourth-order valence-electron chi connectivity index (χ4n) is 1.99. The van der Waals surface area contributed by atoms with E-state index in [9.17, 15) is 4.79 Å². The van der Waals surface area contributed by atoms with Gasteiger partial charge in [0.05, 0.1) is 11.0 Å². The van der Waals surface area contributed by atoms with Crippen LogP contribution in [0.3, 0.4) is 0 Å². The van der Waals surface area contributed by atoms with Gasteiger partial charge in [0, 0.05) is 10.7 Å². The monoisotopic (exact) mass is 397 g/mol. The minimum absolute atomic E-state index is 0.0203. The van der Waals surface area contributed by atoms with Crippen molar-refractivity contribution in [3.8, 4) is 0 Å². The van der Waals surface area contributed by atoms with Crippen LogP contribution in [-0.4, -0.2) is 4.57 Å². The van der Waals surface area contributed by atoms with Gasteiger partial charge in [0.25, 0.3) is 5.56 Å². The smallest absolute Gasteiger partial charge is 0.265 e. The van der Waals surface area contributed by atoms with E-state index in [-0.39, 0.29) is 11.0 Å². The summed E-state index contributed by atoms with van der Waals surface area (Å²) in [5.74, 6) is 0. The SMILES string of the molecule is CC(C)(C)c1ccc(Cn2cc(Br)cc(Br)c2=O)cc1. The summed E-state index contributed by atoms with van der Waals surface area (Å²) in [7, 11) is 0. The third kappa shape index (κ3) is 3.61. The third-order valence-electron chi connectivity index (χ3n) is 3.18. The number of halogens is 2. The number of pyridine rings is 1. The maximum absolute atomic E-state index is 12.0. The van der Waals surface area contributed by atoms with Crippen LogP contribution < -0.4 is 5.56 Å². The van der Waals surface area contributed by atoms with Crippen molar-refractivity contribution >= 4 is 31.9 Å². The summed E-state index contributed by atoms with van der Waals surface area (Å²) in [5.41, 5.74) is 2.54. The number of hydrogen-bond donors (Lipinski definition) is 0. The average Bonchev–Trinajstić information content (AvgIpc) is 2.35. The highest BCUT2D eigenvalue weighted by atomic mass is 79.9. The van der Waals surface area contributed by atoms with Gasteiger partial charge < -0.3 is 4.57 Å². The van der Waals surface area contributed by atoms with Crippen LogP contribution in [0.1, 0.15) is 31.9 Å². The van der Waals surface area contributed by atoms with E-state index in [0.29, 0.717) is 11.0 Å². The van der Waals surface area contributed by atoms with Crippen LogP contribution in [0.4, 0.5) is 0 Å². The average molecular weight is 399 g/mol. The van der Waals surface area contributed by atoms with Gasteiger partial charge in [0.2, 0.25) is 0 Å². The molecule has 0 aliphatic carbocycles. The Balaban J connectivity index is 2.29. The van der Waals surface area contributed by atoms with Crippen molar-refractivity contribution in [1.29, 1.82) is 0 Å². The van der Waals surface area contributed by atoms with Crippen LogP contribution in [0.5, 0.6) is 0 Å². The topological polar surface area (TPSA) is 22.0 Å². The first-order valence-electron chi connectivity index (χ1n) is 6.42. The second kappa shape index (κ2) is 5.86. The van der Waals surface area contributed by atoms with Crippen molar-refractivity contribution in [2.75, 3.05) is 0 Å². The molecule has 0 unspecified atom stereocenters. The molecule has 0 saturated heterocycles. The Kier molecular flexibility index (Phi) is 4.55. The highest BCUT2D eigenvalue weighted by Gasteiger charge is 2.13. The van der Waals surface area contributed by atoms with E-state index in [0.717, 1.165) is 10.0 Å². The first-order valence-corrected chi connectivity index (χ1v) is 8.01. The zero-order chi connectivity index (χ0) is 14.9. The van der Waals surface area contributed by atoms with E-state index in [1.807, 2.05) is 6.20 Å². The Bertz CT molecular complexity index is 666. The molecule has 0 aliphatic rings. The molecule has 20 heavy (non-hydrogen) atoms. The summed E-state index contributed by atoms with van der Waals surface area (Å²) < 4.78 is 3.15. The molecule has 0 fully saturated rings. The first-order chi connectivity index (χ1) is 9.27. The molecule has 1 aromatic carbocycles. The molecule has 0 bridgehead atoms. The van der Waals surface area contributed by atoms with Crippen LogP contribution in [0.15, 0.2) is 50.3 Å². The standard InChI is InChI=1S/C16H17Br2NO/c1-16(2,3)12-6-4-11(5-7-12)9-19-10-13(17)8-14(18)15(19)20/h4-8,10H,9H2,1-3H3. The minimum atomic E-state index is -0.0203. The van der Waals surface area contributed by atoms with Crippen LogP contribution >= 0.6 is 31.9 Å². The van der Waals surface area contributed by atoms with Gasteiger partial charge in [-0.1, -0.05) is 45.0 Å². The molecule has 0 N–H and O–H groups in total. The van der Waals surface area contributed by atoms with Gasteiger partial charge in [-0.2, -0.15) is 0 Å². The Labute approximate surface area is 136 Å². The molecular formula is C16H17Br2NO. The zero-order valence-corrected chi connectivity index (χ0v) is 15.0. The zero-order valence-electron chi connectivity index (χ0n) is 11.8. The molecule has 2 nitrogen and oxygen atoms in total. The normalized spacial score (nSPS) is 11.7. The number of hydrogen-bond acceptors (Lipinski definition) is 1. The Morgan fingerprint density at radius 3 is 2.25 bits per heavy atom. The maximum atomic E-state index is 12.0. The molecule has 1 heterocycles. The predicted octanol–water partition coefficient (Wildman–Crippen LogP) is 4.72. The summed E-state index contributed by atoms with van der Waals surface area (Å²) in [6.45, 7) is 7.15. The van der Waals surface area contributed by atoms with E-state index in [2.05, 4.69) is 76.9 Å². The second-order valence-electron chi connectivity index (χ2n) is 5.89. The molecule has 106 valence electrons. The molecule has 4 heteroatoms. The van der Waals surface area contributed by atoms with Crippen molar-refractivity contribution in [3.63, 3.8) is 0 Å². The Morgan fingerprint density at radius 1 is 1.10 bits per heavy atom. The van der Waals surface area contributed by atoms with Crippen LogP contribution in [0.2, 0.25) is 0 Å². The minimum Gasteiger partial charge on any atom is -0.309 e. The highest BCUT2D eigenvalue weighted by molar-refractivity contribution is 9.11. The van der Waals surface area contributed by atoms with Crippen molar-refractivity contribution in [1.82, 2.24) is 4.57 Å². The molecule has 0 saturated carbocycles. The Hall–Kier alpha value is -0.870. The lowest BCUT2D eigenvalue weighted by Crippen LogP contribution is -2.20. The van der Waals surface area contributed by atoms with Crippen molar-refractivity contribution in [2.45, 2.75) is 32.7 Å². The van der Waals surface area contributed by atoms with Crippen LogP contribution in [0, 0.1) is 0 Å². The number of nitrogens with zero attached hydrogens (tertiary/aromatic N) is 1. The van der Waals surface area contributed by atoms with Gasteiger partial charge in [-0.15, -0.1) is 0 Å². The second-order valence-corrected chi connectivity index (χ2v) is 7.66. The van der Waals surface area contributed by atoms with E-state index in [1.54, 1.807) is 10.6 Å². The number of aromatic nitrogens is 1. The predicted molar refractivity (Wildman–Crippen MR) is 90.3 cm³/mol. The van der Waals surface area contributed by atoms with E-state index >= 15 is 0 Å². The van der Waals surface area contributed by atoms with Gasteiger partial charge >= 0.3 is 0 Å². The lowest BCUT2D eigenvalue weighted by atomic mass is 9.87. The van der Waals surface area contributed by atoms with Crippen molar-refractivity contribution < 1.29 is 0 Å². The van der Waals surface area contributed by atoms with Gasteiger partial charge in [0.1, 0.15) is 0 Å². The molecule has 0 radical (unpaired) electrons. The molecule has 2 rings (SSSR count). The molecule has 0 spiro atoms. The maximum Gasteiger partial charge on any atom is 0.265 e. The van der Waals surface area contributed by atoms with Crippen LogP contribution in [-0.2, 0) is 12.0 Å². The molecule has 0 aliphatic heterocycles. The van der Waals surface area contributed by atoms with Crippen molar-refractivity contribution in [2.24, 2.45) is 0 Å². The third-order valence-corrected chi connectivity index (χ3v) is 4.18. The Morgan fingerprint density at radius 2 is 1.70 bits per heavy atom. The van der Waals surface area contributed by atoms with E-state index in [4.69, 9.17) is 0 Å². The van der Waals surface area contributed by atoms with E-state index in [1.165, 1.54) is 5.56 Å². The van der Waals surface area contributed by atoms with E-state index < -0.39 is 0 Å². The summed E-state index contributed by atoms with van der Waals surface area (Å²) in [6, 6.07) is 10.2. The summed E-state index contributed by atoms with van der Waals surface area (Å²) >= 11 is 6.69. The molecular weight excluding hydrogens is 382 g/mol. The fourth-order valence-corrected chi connectivity index (χ4v) is 3.25.